The average molecular weight is 416 g/mol. The molecule has 8 heteroatoms. The Hall–Kier alpha value is -1.66. The molecule has 1 aliphatic carbocycles. The Bertz CT molecular complexity index is 711. The first-order chi connectivity index (χ1) is 12.5. The van der Waals surface area contributed by atoms with Crippen LogP contribution in [0.4, 0.5) is 15.3 Å². The van der Waals surface area contributed by atoms with E-state index in [2.05, 4.69) is 36.7 Å². The van der Waals surface area contributed by atoms with E-state index >= 15 is 0 Å². The quantitative estimate of drug-likeness (QED) is 0.642. The molecule has 2 atom stereocenters. The van der Waals surface area contributed by atoms with Gasteiger partial charge in [0.2, 0.25) is 0 Å². The van der Waals surface area contributed by atoms with E-state index in [-0.39, 0.29) is 23.0 Å². The number of rotatable bonds is 4. The third kappa shape index (κ3) is 6.47. The normalized spacial score (nSPS) is 24.0. The topological polar surface area (TPSA) is 79.5 Å². The van der Waals surface area contributed by atoms with Crippen LogP contribution in [0.25, 0.3) is 0 Å². The summed E-state index contributed by atoms with van der Waals surface area (Å²) in [6.07, 6.45) is 1.80. The third-order valence-electron chi connectivity index (χ3n) is 4.74. The van der Waals surface area contributed by atoms with Crippen molar-refractivity contribution in [1.82, 2.24) is 10.6 Å². The van der Waals surface area contributed by atoms with Crippen LogP contribution in [-0.4, -0.2) is 31.8 Å². The van der Waals surface area contributed by atoms with Gasteiger partial charge in [0.1, 0.15) is 6.10 Å². The number of nitrogens with one attached hydrogen (secondary N) is 3. The van der Waals surface area contributed by atoms with Crippen LogP contribution in [0.2, 0.25) is 10.0 Å². The molecule has 2 unspecified atom stereocenters. The van der Waals surface area contributed by atoms with Crippen LogP contribution >= 0.6 is 23.2 Å². The Kier molecular flexibility index (Phi) is 6.87. The Balaban J connectivity index is 1.96. The number of carbonyl (C=O) groups excluding carboxylic acids is 2. The highest BCUT2D eigenvalue weighted by atomic mass is 35.5. The largest absolute Gasteiger partial charge is 0.446 e. The standard InChI is InChI=1S/C19H27Cl2N3O3/c1-18(2)8-13(27-17(26)22-4)9-19(3,10-18)11-23-16(25)24-12-5-6-14(20)15(21)7-12/h5-7,13H,8-11H2,1-4H3,(H,22,26)(H2,23,24,25). The van der Waals surface area contributed by atoms with Crippen LogP contribution in [0.3, 0.4) is 0 Å². The van der Waals surface area contributed by atoms with Gasteiger partial charge in [-0.25, -0.2) is 9.59 Å². The Morgan fingerprint density at radius 3 is 2.52 bits per heavy atom. The molecule has 0 radical (unpaired) electrons. The van der Waals surface area contributed by atoms with Gasteiger partial charge in [-0.05, 0) is 48.3 Å². The van der Waals surface area contributed by atoms with E-state index in [4.69, 9.17) is 27.9 Å². The van der Waals surface area contributed by atoms with E-state index in [1.807, 2.05) is 0 Å². The second-order valence-electron chi connectivity index (χ2n) is 8.27. The van der Waals surface area contributed by atoms with Gasteiger partial charge in [0.15, 0.2) is 0 Å². The number of amides is 3. The van der Waals surface area contributed by atoms with Gasteiger partial charge in [-0.2, -0.15) is 0 Å². The fourth-order valence-corrected chi connectivity index (χ4v) is 4.31. The molecule has 3 amide bonds. The lowest BCUT2D eigenvalue weighted by molar-refractivity contribution is -0.0179. The molecule has 0 heterocycles. The summed E-state index contributed by atoms with van der Waals surface area (Å²) in [5.74, 6) is 0. The lowest BCUT2D eigenvalue weighted by Crippen LogP contribution is -2.47. The lowest BCUT2D eigenvalue weighted by Gasteiger charge is -2.46. The van der Waals surface area contributed by atoms with Gasteiger partial charge in [-0.3, -0.25) is 0 Å². The molecule has 1 aliphatic rings. The summed E-state index contributed by atoms with van der Waals surface area (Å²) in [6, 6.07) is 4.60. The van der Waals surface area contributed by atoms with E-state index in [9.17, 15) is 9.59 Å². The van der Waals surface area contributed by atoms with Crippen LogP contribution in [0.15, 0.2) is 18.2 Å². The van der Waals surface area contributed by atoms with Gasteiger partial charge >= 0.3 is 12.1 Å². The van der Waals surface area contributed by atoms with Crippen LogP contribution in [0, 0.1) is 10.8 Å². The number of urea groups is 1. The van der Waals surface area contributed by atoms with Crippen molar-refractivity contribution in [2.75, 3.05) is 18.9 Å². The molecule has 2 rings (SSSR count). The van der Waals surface area contributed by atoms with Crippen molar-refractivity contribution in [2.45, 2.75) is 46.1 Å². The number of hydrogen-bond acceptors (Lipinski definition) is 3. The molecule has 150 valence electrons. The maximum atomic E-state index is 12.3. The summed E-state index contributed by atoms with van der Waals surface area (Å²) in [5.41, 5.74) is 0.389. The molecule has 0 aliphatic heterocycles. The zero-order valence-electron chi connectivity index (χ0n) is 16.1. The molecular weight excluding hydrogens is 389 g/mol. The highest BCUT2D eigenvalue weighted by Crippen LogP contribution is 2.46. The second-order valence-corrected chi connectivity index (χ2v) is 9.09. The maximum absolute atomic E-state index is 12.3. The minimum absolute atomic E-state index is 0.00749. The highest BCUT2D eigenvalue weighted by molar-refractivity contribution is 6.42. The highest BCUT2D eigenvalue weighted by Gasteiger charge is 2.42. The van der Waals surface area contributed by atoms with E-state index in [1.165, 1.54) is 0 Å². The summed E-state index contributed by atoms with van der Waals surface area (Å²) >= 11 is 11.9. The second kappa shape index (κ2) is 8.57. The lowest BCUT2D eigenvalue weighted by atomic mass is 9.63. The van der Waals surface area contributed by atoms with Crippen LogP contribution in [0.1, 0.15) is 40.0 Å². The number of alkyl carbamates (subject to hydrolysis) is 1. The number of benzene rings is 1. The van der Waals surface area contributed by atoms with Crippen molar-refractivity contribution in [3.63, 3.8) is 0 Å². The first-order valence-electron chi connectivity index (χ1n) is 8.90. The summed E-state index contributed by atoms with van der Waals surface area (Å²) in [6.45, 7) is 6.88. The molecule has 0 bridgehead atoms. The predicted molar refractivity (Wildman–Crippen MR) is 109 cm³/mol. The van der Waals surface area contributed by atoms with Crippen molar-refractivity contribution in [1.29, 1.82) is 0 Å². The SMILES string of the molecule is CNC(=O)OC1CC(C)(C)CC(C)(CNC(=O)Nc2ccc(Cl)c(Cl)c2)C1. The van der Waals surface area contributed by atoms with Gasteiger partial charge in [-0.1, -0.05) is 44.0 Å². The minimum atomic E-state index is -0.426. The summed E-state index contributed by atoms with van der Waals surface area (Å²) in [4.78, 5) is 23.9. The number of halogens is 2. The summed E-state index contributed by atoms with van der Waals surface area (Å²) in [7, 11) is 1.55. The molecule has 0 spiro atoms. The van der Waals surface area contributed by atoms with Crippen molar-refractivity contribution in [3.05, 3.63) is 28.2 Å². The molecule has 6 nitrogen and oxygen atoms in total. The van der Waals surface area contributed by atoms with Crippen molar-refractivity contribution in [2.24, 2.45) is 10.8 Å². The molecule has 1 aromatic carbocycles. The van der Waals surface area contributed by atoms with E-state index < -0.39 is 6.09 Å². The van der Waals surface area contributed by atoms with Crippen molar-refractivity contribution >= 4 is 41.0 Å². The van der Waals surface area contributed by atoms with Gasteiger partial charge < -0.3 is 20.7 Å². The Morgan fingerprint density at radius 1 is 1.19 bits per heavy atom. The molecular formula is C19H27Cl2N3O3. The van der Waals surface area contributed by atoms with Gasteiger partial charge in [-0.15, -0.1) is 0 Å². The van der Waals surface area contributed by atoms with Gasteiger partial charge in [0, 0.05) is 19.3 Å². The average Bonchev–Trinajstić information content (AvgIpc) is 2.54. The number of carbonyl (C=O) groups is 2. The van der Waals surface area contributed by atoms with Crippen molar-refractivity contribution < 1.29 is 14.3 Å². The maximum Gasteiger partial charge on any atom is 0.407 e. The number of hydrogen-bond donors (Lipinski definition) is 3. The number of anilines is 1. The number of ether oxygens (including phenoxy) is 1. The van der Waals surface area contributed by atoms with Crippen LogP contribution in [-0.2, 0) is 4.74 Å². The molecule has 1 saturated carbocycles. The first-order valence-corrected chi connectivity index (χ1v) is 9.66. The monoisotopic (exact) mass is 415 g/mol. The van der Waals surface area contributed by atoms with E-state index in [1.54, 1.807) is 25.2 Å². The summed E-state index contributed by atoms with van der Waals surface area (Å²) in [5, 5.41) is 8.97. The third-order valence-corrected chi connectivity index (χ3v) is 5.48. The van der Waals surface area contributed by atoms with Gasteiger partial charge in [0.25, 0.3) is 0 Å². The Morgan fingerprint density at radius 2 is 1.89 bits per heavy atom. The summed E-state index contributed by atoms with van der Waals surface area (Å²) < 4.78 is 5.49. The molecule has 0 aromatic heterocycles. The first kappa shape index (κ1) is 21.6. The molecule has 3 N–H and O–H groups in total. The Labute approximate surface area is 170 Å². The van der Waals surface area contributed by atoms with Crippen LogP contribution < -0.4 is 16.0 Å². The zero-order valence-corrected chi connectivity index (χ0v) is 17.6. The molecule has 27 heavy (non-hydrogen) atoms. The molecule has 1 fully saturated rings. The van der Waals surface area contributed by atoms with E-state index in [0.29, 0.717) is 28.7 Å². The van der Waals surface area contributed by atoms with E-state index in [0.717, 1.165) is 12.8 Å². The molecule has 1 aromatic rings. The molecule has 0 saturated heterocycles. The minimum Gasteiger partial charge on any atom is -0.446 e. The van der Waals surface area contributed by atoms with Crippen molar-refractivity contribution in [3.8, 4) is 0 Å². The zero-order chi connectivity index (χ0) is 20.2. The van der Waals surface area contributed by atoms with Crippen LogP contribution in [0.5, 0.6) is 0 Å². The fraction of sp³-hybridized carbons (Fsp3) is 0.579. The smallest absolute Gasteiger partial charge is 0.407 e. The predicted octanol–water partition coefficient (Wildman–Crippen LogP) is 5.06. The van der Waals surface area contributed by atoms with Gasteiger partial charge in [0.05, 0.1) is 10.0 Å². The fourth-order valence-electron chi connectivity index (χ4n) is 4.01.